The van der Waals surface area contributed by atoms with E-state index >= 15 is 0 Å². The second kappa shape index (κ2) is 9.78. The van der Waals surface area contributed by atoms with Gasteiger partial charge in [-0.3, -0.25) is 4.90 Å². The third kappa shape index (κ3) is 4.89. The van der Waals surface area contributed by atoms with E-state index in [-0.39, 0.29) is 12.4 Å². The van der Waals surface area contributed by atoms with Crippen molar-refractivity contribution in [2.75, 3.05) is 26.2 Å². The molecule has 2 amide bonds. The molecule has 0 aromatic heterocycles. The Kier molecular flexibility index (Phi) is 6.66. The zero-order valence-corrected chi connectivity index (χ0v) is 17.9. The number of hydrogen-bond acceptors (Lipinski definition) is 4. The van der Waals surface area contributed by atoms with E-state index in [0.29, 0.717) is 29.9 Å². The van der Waals surface area contributed by atoms with Crippen LogP contribution >= 0.6 is 0 Å². The van der Waals surface area contributed by atoms with Gasteiger partial charge in [-0.1, -0.05) is 48.5 Å². The highest BCUT2D eigenvalue weighted by molar-refractivity contribution is 5.95. The van der Waals surface area contributed by atoms with Crippen LogP contribution in [0, 0.1) is 5.82 Å². The van der Waals surface area contributed by atoms with Gasteiger partial charge in [0.1, 0.15) is 5.82 Å². The summed E-state index contributed by atoms with van der Waals surface area (Å²) in [6, 6.07) is 14.9. The molecule has 2 aliphatic rings. The van der Waals surface area contributed by atoms with Gasteiger partial charge in [-0.25, -0.2) is 14.0 Å². The van der Waals surface area contributed by atoms with Crippen LogP contribution in [-0.2, 0) is 9.53 Å². The summed E-state index contributed by atoms with van der Waals surface area (Å²) < 4.78 is 18.7. The Morgan fingerprint density at radius 1 is 1.16 bits per heavy atom. The molecule has 0 fully saturated rings. The summed E-state index contributed by atoms with van der Waals surface area (Å²) in [5.74, 6) is -0.882. The molecule has 2 heterocycles. The van der Waals surface area contributed by atoms with Crippen molar-refractivity contribution >= 4 is 17.6 Å². The Balaban J connectivity index is 1.60. The smallest absolute Gasteiger partial charge is 0.338 e. The van der Waals surface area contributed by atoms with Gasteiger partial charge in [0, 0.05) is 25.3 Å². The zero-order valence-electron chi connectivity index (χ0n) is 17.9. The third-order valence-electron chi connectivity index (χ3n) is 5.67. The molecule has 166 valence electrons. The van der Waals surface area contributed by atoms with Crippen LogP contribution in [0.3, 0.4) is 0 Å². The minimum absolute atomic E-state index is 0.215. The minimum atomic E-state index is -0.710. The van der Waals surface area contributed by atoms with Gasteiger partial charge in [-0.05, 0) is 42.2 Å². The predicted octanol–water partition coefficient (Wildman–Crippen LogP) is 3.79. The van der Waals surface area contributed by atoms with Crippen molar-refractivity contribution in [3.63, 3.8) is 0 Å². The largest absolute Gasteiger partial charge is 0.463 e. The molecular weight excluding hydrogens is 409 g/mol. The number of carbonyl (C=O) groups excluding carboxylic acids is 2. The van der Waals surface area contributed by atoms with Gasteiger partial charge in [0.05, 0.1) is 18.2 Å². The van der Waals surface area contributed by atoms with E-state index in [0.717, 1.165) is 13.0 Å². The maximum absolute atomic E-state index is 13.4. The van der Waals surface area contributed by atoms with Crippen LogP contribution in [0.2, 0.25) is 0 Å². The predicted molar refractivity (Wildman–Crippen MR) is 120 cm³/mol. The second-order valence-corrected chi connectivity index (χ2v) is 7.78. The summed E-state index contributed by atoms with van der Waals surface area (Å²) in [6.45, 7) is 3.85. The molecule has 0 saturated carbocycles. The molecule has 7 heteroatoms. The number of urea groups is 1. The first-order valence-electron chi connectivity index (χ1n) is 10.7. The molecule has 0 saturated heterocycles. The normalized spacial score (nSPS) is 19.1. The summed E-state index contributed by atoms with van der Waals surface area (Å²) in [5.41, 5.74) is 3.98. The molecule has 2 aromatic carbocycles. The average molecular weight is 435 g/mol. The molecule has 0 unspecified atom stereocenters. The van der Waals surface area contributed by atoms with Crippen molar-refractivity contribution < 1.29 is 18.7 Å². The Bertz CT molecular complexity index is 1050. The molecule has 32 heavy (non-hydrogen) atoms. The lowest BCUT2D eigenvalue weighted by Gasteiger charge is -2.33. The van der Waals surface area contributed by atoms with Crippen LogP contribution < -0.4 is 10.6 Å². The van der Waals surface area contributed by atoms with E-state index in [9.17, 15) is 14.0 Å². The highest BCUT2D eigenvalue weighted by atomic mass is 19.1. The van der Waals surface area contributed by atoms with Gasteiger partial charge in [0.15, 0.2) is 0 Å². The third-order valence-corrected chi connectivity index (χ3v) is 5.67. The standard InChI is InChI=1S/C25H26FN3O3/c1-2-32-24(30)22-21(27-25(31)28-23(22)19-8-10-20(26)11-9-19)16-29-14-12-18(13-15-29)17-6-4-3-5-7-17/h3-12,23H,2,13-16H2,1H3,(H2,27,28,31)/t23-/m1/s1. The van der Waals surface area contributed by atoms with Crippen LogP contribution in [0.4, 0.5) is 9.18 Å². The molecule has 0 spiro atoms. The number of benzene rings is 2. The van der Waals surface area contributed by atoms with E-state index in [1.54, 1.807) is 19.1 Å². The molecule has 6 nitrogen and oxygen atoms in total. The topological polar surface area (TPSA) is 70.7 Å². The first-order valence-corrected chi connectivity index (χ1v) is 10.7. The number of carbonyl (C=O) groups is 2. The van der Waals surface area contributed by atoms with Gasteiger partial charge in [-0.15, -0.1) is 0 Å². The van der Waals surface area contributed by atoms with E-state index in [4.69, 9.17) is 4.74 Å². The maximum Gasteiger partial charge on any atom is 0.338 e. The molecule has 2 aliphatic heterocycles. The monoisotopic (exact) mass is 435 g/mol. The SMILES string of the molecule is CCOC(=O)C1=C(CN2CC=C(c3ccccc3)CC2)NC(=O)N[C@@H]1c1ccc(F)cc1. The van der Waals surface area contributed by atoms with Crippen LogP contribution in [0.15, 0.2) is 71.9 Å². The maximum atomic E-state index is 13.4. The second-order valence-electron chi connectivity index (χ2n) is 7.78. The van der Waals surface area contributed by atoms with Crippen LogP contribution in [0.5, 0.6) is 0 Å². The molecule has 0 bridgehead atoms. The molecular formula is C25H26FN3O3. The first kappa shape index (κ1) is 21.8. The number of ether oxygens (including phenoxy) is 1. The summed E-state index contributed by atoms with van der Waals surface area (Å²) in [5, 5.41) is 5.58. The molecule has 0 aliphatic carbocycles. The lowest BCUT2D eigenvalue weighted by Crippen LogP contribution is -2.48. The van der Waals surface area contributed by atoms with Crippen molar-refractivity contribution in [3.05, 3.63) is 88.9 Å². The van der Waals surface area contributed by atoms with Crippen molar-refractivity contribution in [2.45, 2.75) is 19.4 Å². The van der Waals surface area contributed by atoms with E-state index < -0.39 is 18.0 Å². The molecule has 0 radical (unpaired) electrons. The number of amides is 2. The van der Waals surface area contributed by atoms with Crippen molar-refractivity contribution in [1.82, 2.24) is 15.5 Å². The summed E-state index contributed by atoms with van der Waals surface area (Å²) in [7, 11) is 0. The fraction of sp³-hybridized carbons (Fsp3) is 0.280. The van der Waals surface area contributed by atoms with Crippen molar-refractivity contribution in [1.29, 1.82) is 0 Å². The van der Waals surface area contributed by atoms with Gasteiger partial charge in [0.25, 0.3) is 0 Å². The van der Waals surface area contributed by atoms with Gasteiger partial charge in [-0.2, -0.15) is 0 Å². The van der Waals surface area contributed by atoms with Gasteiger partial charge >= 0.3 is 12.0 Å². The fourth-order valence-electron chi connectivity index (χ4n) is 4.09. The quantitative estimate of drug-likeness (QED) is 0.678. The fourth-order valence-corrected chi connectivity index (χ4v) is 4.09. The van der Waals surface area contributed by atoms with Gasteiger partial charge in [0.2, 0.25) is 0 Å². The number of halogens is 1. The number of nitrogens with zero attached hydrogens (tertiary/aromatic N) is 1. The Morgan fingerprint density at radius 2 is 1.91 bits per heavy atom. The zero-order chi connectivity index (χ0) is 22.5. The summed E-state index contributed by atoms with van der Waals surface area (Å²) >= 11 is 0. The Labute approximate surface area is 186 Å². The molecule has 1 atom stereocenters. The van der Waals surface area contributed by atoms with Crippen LogP contribution in [0.1, 0.15) is 30.5 Å². The Hall–Kier alpha value is -3.45. The average Bonchev–Trinajstić information content (AvgIpc) is 2.80. The van der Waals surface area contributed by atoms with Crippen molar-refractivity contribution in [3.8, 4) is 0 Å². The highest BCUT2D eigenvalue weighted by Gasteiger charge is 2.34. The van der Waals surface area contributed by atoms with Crippen molar-refractivity contribution in [2.24, 2.45) is 0 Å². The van der Waals surface area contributed by atoms with Crippen LogP contribution in [-0.4, -0.2) is 43.1 Å². The summed E-state index contributed by atoms with van der Waals surface area (Å²) in [6.07, 6.45) is 3.06. The summed E-state index contributed by atoms with van der Waals surface area (Å²) in [4.78, 5) is 27.5. The number of rotatable bonds is 6. The van der Waals surface area contributed by atoms with E-state index in [1.165, 1.54) is 23.3 Å². The number of hydrogen-bond donors (Lipinski definition) is 2. The molecule has 4 rings (SSSR count). The molecule has 2 aromatic rings. The number of nitrogens with one attached hydrogen (secondary N) is 2. The lowest BCUT2D eigenvalue weighted by molar-refractivity contribution is -0.139. The van der Waals surface area contributed by atoms with E-state index in [2.05, 4.69) is 33.7 Å². The van der Waals surface area contributed by atoms with Crippen LogP contribution in [0.25, 0.3) is 5.57 Å². The minimum Gasteiger partial charge on any atom is -0.463 e. The first-order chi connectivity index (χ1) is 15.5. The number of esters is 1. The Morgan fingerprint density at radius 3 is 2.56 bits per heavy atom. The highest BCUT2D eigenvalue weighted by Crippen LogP contribution is 2.29. The van der Waals surface area contributed by atoms with E-state index in [1.807, 2.05) is 18.2 Å². The van der Waals surface area contributed by atoms with Gasteiger partial charge < -0.3 is 15.4 Å². The lowest BCUT2D eigenvalue weighted by atomic mass is 9.94. The molecule has 2 N–H and O–H groups in total.